The van der Waals surface area contributed by atoms with E-state index in [0.29, 0.717) is 17.7 Å². The highest BCUT2D eigenvalue weighted by Crippen LogP contribution is 2.25. The number of aromatic nitrogens is 2. The molecule has 1 heterocycles. The lowest BCUT2D eigenvalue weighted by Crippen LogP contribution is -2.12. The van der Waals surface area contributed by atoms with Gasteiger partial charge in [-0.1, -0.05) is 49.4 Å². The molecule has 9 heteroatoms. The van der Waals surface area contributed by atoms with Gasteiger partial charge in [0.2, 0.25) is 0 Å². The number of fused-ring (bicyclic) bond motifs is 1. The fourth-order valence-corrected chi connectivity index (χ4v) is 4.71. The van der Waals surface area contributed by atoms with Crippen LogP contribution < -0.4 is 10.5 Å². The number of hydrogen-bond acceptors (Lipinski definition) is 4. The Bertz CT molecular complexity index is 1370. The van der Waals surface area contributed by atoms with Gasteiger partial charge in [0.25, 0.3) is 10.0 Å². The molecule has 4 N–H and O–H groups in total. The van der Waals surface area contributed by atoms with Crippen molar-refractivity contribution in [3.05, 3.63) is 89.7 Å². The molecule has 0 fully saturated rings. The number of halogens is 1. The number of rotatable bonds is 8. The summed E-state index contributed by atoms with van der Waals surface area (Å²) in [5.74, 6) is 0.945. The minimum absolute atomic E-state index is 0. The van der Waals surface area contributed by atoms with Crippen molar-refractivity contribution in [2.75, 3.05) is 4.72 Å². The number of aryl methyl sites for hydroxylation is 1. The molecule has 0 aliphatic heterocycles. The number of benzene rings is 3. The van der Waals surface area contributed by atoms with Crippen LogP contribution in [0.1, 0.15) is 30.3 Å². The van der Waals surface area contributed by atoms with E-state index < -0.39 is 10.0 Å². The Morgan fingerprint density at radius 1 is 1.06 bits per heavy atom. The summed E-state index contributed by atoms with van der Waals surface area (Å²) in [6.45, 7) is 2.87. The van der Waals surface area contributed by atoms with Crippen molar-refractivity contribution in [3.8, 4) is 0 Å². The van der Waals surface area contributed by atoms with Crippen molar-refractivity contribution < 1.29 is 8.42 Å². The molecule has 0 bridgehead atoms. The zero-order valence-corrected chi connectivity index (χ0v) is 19.8. The summed E-state index contributed by atoms with van der Waals surface area (Å²) in [7, 11) is -3.67. The van der Waals surface area contributed by atoms with Gasteiger partial charge in [0.15, 0.2) is 0 Å². The molecule has 0 aliphatic carbocycles. The van der Waals surface area contributed by atoms with Crippen LogP contribution >= 0.6 is 12.4 Å². The third-order valence-electron chi connectivity index (χ3n) is 5.21. The van der Waals surface area contributed by atoms with Gasteiger partial charge in [-0.25, -0.2) is 13.4 Å². The summed E-state index contributed by atoms with van der Waals surface area (Å²) in [4.78, 5) is 5.02. The van der Waals surface area contributed by atoms with Crippen LogP contribution in [0.15, 0.2) is 77.7 Å². The van der Waals surface area contributed by atoms with E-state index in [-0.39, 0.29) is 23.1 Å². The van der Waals surface area contributed by atoms with Gasteiger partial charge in [-0.15, -0.1) is 12.4 Å². The van der Waals surface area contributed by atoms with E-state index in [1.165, 1.54) is 0 Å². The molecule has 0 saturated carbocycles. The average Bonchev–Trinajstić information content (AvgIpc) is 3.11. The van der Waals surface area contributed by atoms with Crippen LogP contribution in [-0.2, 0) is 23.0 Å². The molecule has 172 valence electrons. The highest BCUT2D eigenvalue weighted by atomic mass is 35.5. The normalized spacial score (nSPS) is 11.2. The SMILES string of the molecule is CCCn1c(Cc2ccc(C(=N)N)cc2)nc2ccc(NS(=O)(=O)c3ccccc3)cc21.Cl. The maximum absolute atomic E-state index is 12.7. The lowest BCUT2D eigenvalue weighted by atomic mass is 10.1. The van der Waals surface area contributed by atoms with Gasteiger partial charge in [0.05, 0.1) is 21.6 Å². The molecule has 0 radical (unpaired) electrons. The molecule has 33 heavy (non-hydrogen) atoms. The van der Waals surface area contributed by atoms with Crippen LogP contribution in [0.3, 0.4) is 0 Å². The van der Waals surface area contributed by atoms with Crippen LogP contribution in [0.5, 0.6) is 0 Å². The number of imidazole rings is 1. The molecular formula is C24H26ClN5O2S. The van der Waals surface area contributed by atoms with E-state index in [1.807, 2.05) is 36.4 Å². The second-order valence-electron chi connectivity index (χ2n) is 7.59. The minimum Gasteiger partial charge on any atom is -0.384 e. The van der Waals surface area contributed by atoms with Gasteiger partial charge >= 0.3 is 0 Å². The Kier molecular flexibility index (Phi) is 7.40. The van der Waals surface area contributed by atoms with Crippen molar-refractivity contribution in [1.29, 1.82) is 5.41 Å². The summed E-state index contributed by atoms with van der Waals surface area (Å²) in [6.07, 6.45) is 1.54. The Morgan fingerprint density at radius 2 is 1.76 bits per heavy atom. The zero-order valence-electron chi connectivity index (χ0n) is 18.2. The van der Waals surface area contributed by atoms with Gasteiger partial charge in [-0.3, -0.25) is 10.1 Å². The molecule has 0 unspecified atom stereocenters. The third kappa shape index (κ3) is 5.35. The van der Waals surface area contributed by atoms with E-state index in [2.05, 4.69) is 16.2 Å². The number of amidine groups is 1. The largest absolute Gasteiger partial charge is 0.384 e. The van der Waals surface area contributed by atoms with Crippen LogP contribution in [0.4, 0.5) is 5.69 Å². The molecule has 7 nitrogen and oxygen atoms in total. The van der Waals surface area contributed by atoms with E-state index >= 15 is 0 Å². The van der Waals surface area contributed by atoms with Gasteiger partial charge in [0.1, 0.15) is 11.7 Å². The number of anilines is 1. The molecule has 1 aromatic heterocycles. The van der Waals surface area contributed by atoms with Gasteiger partial charge in [-0.05, 0) is 42.3 Å². The molecule has 4 aromatic rings. The fourth-order valence-electron chi connectivity index (χ4n) is 3.64. The first kappa shape index (κ1) is 24.3. The topological polar surface area (TPSA) is 114 Å². The number of nitrogens with two attached hydrogens (primary N) is 1. The first-order valence-corrected chi connectivity index (χ1v) is 11.9. The van der Waals surface area contributed by atoms with E-state index in [9.17, 15) is 8.42 Å². The van der Waals surface area contributed by atoms with E-state index in [4.69, 9.17) is 16.1 Å². The highest BCUT2D eigenvalue weighted by Gasteiger charge is 2.16. The molecule has 0 aliphatic rings. The predicted molar refractivity (Wildman–Crippen MR) is 135 cm³/mol. The van der Waals surface area contributed by atoms with Crippen LogP contribution in [0.25, 0.3) is 11.0 Å². The Hall–Kier alpha value is -3.36. The van der Waals surface area contributed by atoms with Crippen molar-refractivity contribution in [1.82, 2.24) is 9.55 Å². The van der Waals surface area contributed by atoms with Crippen LogP contribution in [0.2, 0.25) is 0 Å². The smallest absolute Gasteiger partial charge is 0.261 e. The minimum atomic E-state index is -3.67. The average molecular weight is 484 g/mol. The molecule has 3 aromatic carbocycles. The number of sulfonamides is 1. The van der Waals surface area contributed by atoms with Crippen LogP contribution in [0, 0.1) is 5.41 Å². The van der Waals surface area contributed by atoms with E-state index in [1.54, 1.807) is 36.4 Å². The second kappa shape index (κ2) is 10.1. The molecule has 0 atom stereocenters. The highest BCUT2D eigenvalue weighted by molar-refractivity contribution is 7.92. The lowest BCUT2D eigenvalue weighted by Gasteiger charge is -2.10. The first-order valence-electron chi connectivity index (χ1n) is 10.4. The van der Waals surface area contributed by atoms with Crippen molar-refractivity contribution in [3.63, 3.8) is 0 Å². The Morgan fingerprint density at radius 3 is 2.39 bits per heavy atom. The number of nitrogens with one attached hydrogen (secondary N) is 2. The third-order valence-corrected chi connectivity index (χ3v) is 6.60. The van der Waals surface area contributed by atoms with Crippen LogP contribution in [-0.4, -0.2) is 23.8 Å². The van der Waals surface area contributed by atoms with Gasteiger partial charge in [-0.2, -0.15) is 0 Å². The molecular weight excluding hydrogens is 458 g/mol. The van der Waals surface area contributed by atoms with Gasteiger partial charge in [0, 0.05) is 18.5 Å². The molecule has 0 amide bonds. The standard InChI is InChI=1S/C24H25N5O2S.ClH/c1-2-14-29-22-16-19(28-32(30,31)20-6-4-3-5-7-20)12-13-21(22)27-23(29)15-17-8-10-18(11-9-17)24(25)26;/h3-13,16,28H,2,14-15H2,1H3,(H3,25,26);1H. The summed E-state index contributed by atoms with van der Waals surface area (Å²) >= 11 is 0. The summed E-state index contributed by atoms with van der Waals surface area (Å²) < 4.78 is 30.2. The van der Waals surface area contributed by atoms with Gasteiger partial charge < -0.3 is 10.3 Å². The quantitative estimate of drug-likeness (QED) is 0.252. The molecule has 4 rings (SSSR count). The summed E-state index contributed by atoms with van der Waals surface area (Å²) in [6, 6.07) is 21.3. The lowest BCUT2D eigenvalue weighted by molar-refractivity contribution is 0.601. The maximum Gasteiger partial charge on any atom is 0.261 e. The summed E-state index contributed by atoms with van der Waals surface area (Å²) in [5.41, 5.74) is 9.49. The second-order valence-corrected chi connectivity index (χ2v) is 9.27. The number of nitrogens with zero attached hydrogens (tertiary/aromatic N) is 2. The predicted octanol–water partition coefficient (Wildman–Crippen LogP) is 4.54. The summed E-state index contributed by atoms with van der Waals surface area (Å²) in [5, 5.41) is 7.54. The number of nitrogen functional groups attached to an aromatic ring is 1. The monoisotopic (exact) mass is 483 g/mol. The van der Waals surface area contributed by atoms with Crippen molar-refractivity contribution in [2.45, 2.75) is 31.2 Å². The zero-order chi connectivity index (χ0) is 22.7. The maximum atomic E-state index is 12.7. The molecule has 0 spiro atoms. The van der Waals surface area contributed by atoms with Crippen molar-refractivity contribution >= 4 is 45.0 Å². The molecule has 0 saturated heterocycles. The Balaban J connectivity index is 0.00000306. The number of hydrogen-bond donors (Lipinski definition) is 3. The van der Waals surface area contributed by atoms with Crippen molar-refractivity contribution in [2.24, 2.45) is 5.73 Å². The first-order chi connectivity index (χ1) is 15.4. The fraction of sp³-hybridized carbons (Fsp3) is 0.167. The van der Waals surface area contributed by atoms with E-state index in [0.717, 1.165) is 35.4 Å². The Labute approximate surface area is 199 Å².